The number of carbonyl (C=O) groups excluding carboxylic acids is 1. The third-order valence-electron chi connectivity index (χ3n) is 5.87. The molecule has 1 aromatic carbocycles. The molecule has 1 unspecified atom stereocenters. The van der Waals surface area contributed by atoms with Crippen LogP contribution < -0.4 is 0 Å². The summed E-state index contributed by atoms with van der Waals surface area (Å²) < 4.78 is 13.4. The highest BCUT2D eigenvalue weighted by Gasteiger charge is 2.31. The topological polar surface area (TPSA) is 23.6 Å². The zero-order valence-corrected chi connectivity index (χ0v) is 15.4. The minimum Gasteiger partial charge on any atom is -0.342 e. The van der Waals surface area contributed by atoms with Crippen LogP contribution in [0.5, 0.6) is 0 Å². The van der Waals surface area contributed by atoms with E-state index in [0.717, 1.165) is 50.9 Å². The number of benzene rings is 1. The van der Waals surface area contributed by atoms with Gasteiger partial charge in [-0.25, -0.2) is 4.39 Å². The van der Waals surface area contributed by atoms with Crippen molar-refractivity contribution in [1.82, 2.24) is 9.80 Å². The Labute approximate surface area is 151 Å². The molecule has 1 heterocycles. The van der Waals surface area contributed by atoms with E-state index in [4.69, 9.17) is 0 Å². The Balaban J connectivity index is 1.57. The van der Waals surface area contributed by atoms with E-state index in [9.17, 15) is 9.18 Å². The SMILES string of the molecule is CN(C(=O)C1CCCN(Cc2cccc(F)c2)C1)C1CCCCCC1. The molecule has 2 fully saturated rings. The number of likely N-dealkylation sites (tertiary alicyclic amines) is 1. The molecule has 3 nitrogen and oxygen atoms in total. The summed E-state index contributed by atoms with van der Waals surface area (Å²) in [4.78, 5) is 17.4. The molecule has 4 heteroatoms. The third-order valence-corrected chi connectivity index (χ3v) is 5.87. The van der Waals surface area contributed by atoms with Gasteiger partial charge in [-0.05, 0) is 49.9 Å². The van der Waals surface area contributed by atoms with Gasteiger partial charge in [0.1, 0.15) is 5.82 Å². The van der Waals surface area contributed by atoms with Gasteiger partial charge in [0.25, 0.3) is 0 Å². The van der Waals surface area contributed by atoms with E-state index in [1.165, 1.54) is 31.7 Å². The third kappa shape index (κ3) is 5.04. The predicted octanol–water partition coefficient (Wildman–Crippen LogP) is 4.22. The summed E-state index contributed by atoms with van der Waals surface area (Å²) in [5.41, 5.74) is 0.991. The zero-order valence-electron chi connectivity index (χ0n) is 15.4. The van der Waals surface area contributed by atoms with Gasteiger partial charge in [-0.1, -0.05) is 37.8 Å². The summed E-state index contributed by atoms with van der Waals surface area (Å²) in [6, 6.07) is 7.23. The lowest BCUT2D eigenvalue weighted by Crippen LogP contribution is -2.46. The van der Waals surface area contributed by atoms with Crippen LogP contribution in [0.1, 0.15) is 56.9 Å². The number of carbonyl (C=O) groups is 1. The van der Waals surface area contributed by atoms with Crippen molar-refractivity contribution in [3.63, 3.8) is 0 Å². The van der Waals surface area contributed by atoms with Crippen molar-refractivity contribution in [2.75, 3.05) is 20.1 Å². The van der Waals surface area contributed by atoms with Crippen LogP contribution in [0, 0.1) is 11.7 Å². The molecule has 3 rings (SSSR count). The van der Waals surface area contributed by atoms with Crippen LogP contribution in [0.25, 0.3) is 0 Å². The van der Waals surface area contributed by atoms with E-state index in [1.54, 1.807) is 12.1 Å². The molecule has 1 saturated carbocycles. The number of hydrogen-bond acceptors (Lipinski definition) is 2. The Bertz CT molecular complexity index is 569. The smallest absolute Gasteiger partial charge is 0.226 e. The Morgan fingerprint density at radius 2 is 1.92 bits per heavy atom. The first-order valence-corrected chi connectivity index (χ1v) is 9.87. The molecule has 1 atom stereocenters. The van der Waals surface area contributed by atoms with Gasteiger partial charge in [0, 0.05) is 26.2 Å². The normalized spacial score (nSPS) is 23.2. The molecule has 0 N–H and O–H groups in total. The molecule has 0 radical (unpaired) electrons. The lowest BCUT2D eigenvalue weighted by molar-refractivity contribution is -0.138. The largest absolute Gasteiger partial charge is 0.342 e. The maximum atomic E-state index is 13.4. The van der Waals surface area contributed by atoms with Crippen molar-refractivity contribution in [1.29, 1.82) is 0 Å². The summed E-state index contributed by atoms with van der Waals surface area (Å²) in [7, 11) is 2.00. The van der Waals surface area contributed by atoms with Crippen LogP contribution in [0.15, 0.2) is 24.3 Å². The summed E-state index contributed by atoms with van der Waals surface area (Å²) in [6.07, 6.45) is 9.45. The highest BCUT2D eigenvalue weighted by molar-refractivity contribution is 5.79. The first-order chi connectivity index (χ1) is 12.1. The summed E-state index contributed by atoms with van der Waals surface area (Å²) in [6.45, 7) is 2.52. The molecule has 1 aromatic rings. The van der Waals surface area contributed by atoms with E-state index in [2.05, 4.69) is 4.90 Å². The maximum Gasteiger partial charge on any atom is 0.226 e. The van der Waals surface area contributed by atoms with Gasteiger partial charge in [-0.3, -0.25) is 9.69 Å². The molecule has 25 heavy (non-hydrogen) atoms. The van der Waals surface area contributed by atoms with Gasteiger partial charge in [0.05, 0.1) is 5.92 Å². The quantitative estimate of drug-likeness (QED) is 0.762. The molecule has 138 valence electrons. The first kappa shape index (κ1) is 18.4. The highest BCUT2D eigenvalue weighted by Crippen LogP contribution is 2.25. The minimum atomic E-state index is -0.185. The standard InChI is InChI=1S/C21H31FN2O/c1-23(20-11-4-2-3-5-12-20)21(25)18-9-7-13-24(16-18)15-17-8-6-10-19(22)14-17/h6,8,10,14,18,20H,2-5,7,9,11-13,15-16H2,1H3. The summed E-state index contributed by atoms with van der Waals surface area (Å²) in [5.74, 6) is 0.224. The molecule has 0 bridgehead atoms. The highest BCUT2D eigenvalue weighted by atomic mass is 19.1. The number of hydrogen-bond donors (Lipinski definition) is 0. The molecule has 0 spiro atoms. The Morgan fingerprint density at radius 1 is 1.16 bits per heavy atom. The molecule has 1 saturated heterocycles. The van der Waals surface area contributed by atoms with Crippen LogP contribution in [-0.2, 0) is 11.3 Å². The van der Waals surface area contributed by atoms with Crippen molar-refractivity contribution in [2.24, 2.45) is 5.92 Å². The van der Waals surface area contributed by atoms with Crippen molar-refractivity contribution in [2.45, 2.75) is 64.0 Å². The number of nitrogens with zero attached hydrogens (tertiary/aromatic N) is 2. The summed E-state index contributed by atoms with van der Waals surface area (Å²) >= 11 is 0. The van der Waals surface area contributed by atoms with Crippen LogP contribution in [0.4, 0.5) is 4.39 Å². The second-order valence-electron chi connectivity index (χ2n) is 7.80. The average molecular weight is 346 g/mol. The zero-order chi connectivity index (χ0) is 17.6. The van der Waals surface area contributed by atoms with E-state index in [-0.39, 0.29) is 11.7 Å². The maximum absolute atomic E-state index is 13.4. The van der Waals surface area contributed by atoms with E-state index < -0.39 is 0 Å². The van der Waals surface area contributed by atoms with Crippen LogP contribution >= 0.6 is 0 Å². The van der Waals surface area contributed by atoms with Crippen molar-refractivity contribution >= 4 is 5.91 Å². The Hall–Kier alpha value is -1.42. The molecule has 1 amide bonds. The molecular weight excluding hydrogens is 315 g/mol. The van der Waals surface area contributed by atoms with Crippen LogP contribution in [0.2, 0.25) is 0 Å². The van der Waals surface area contributed by atoms with Gasteiger partial charge in [0.15, 0.2) is 0 Å². The minimum absolute atomic E-state index is 0.0931. The fraction of sp³-hybridized carbons (Fsp3) is 0.667. The second kappa shape index (κ2) is 8.79. The number of amides is 1. The van der Waals surface area contributed by atoms with Crippen LogP contribution in [-0.4, -0.2) is 41.9 Å². The van der Waals surface area contributed by atoms with Gasteiger partial charge in [-0.15, -0.1) is 0 Å². The Kier molecular flexibility index (Phi) is 6.46. The first-order valence-electron chi connectivity index (χ1n) is 9.87. The van der Waals surface area contributed by atoms with E-state index in [1.807, 2.05) is 18.0 Å². The van der Waals surface area contributed by atoms with Crippen LogP contribution in [0.3, 0.4) is 0 Å². The van der Waals surface area contributed by atoms with E-state index >= 15 is 0 Å². The van der Waals surface area contributed by atoms with Gasteiger partial charge >= 0.3 is 0 Å². The molecule has 1 aliphatic carbocycles. The van der Waals surface area contributed by atoms with E-state index in [0.29, 0.717) is 11.9 Å². The number of halogens is 1. The molecule has 2 aliphatic rings. The van der Waals surface area contributed by atoms with Gasteiger partial charge < -0.3 is 4.90 Å². The number of rotatable bonds is 4. The van der Waals surface area contributed by atoms with Gasteiger partial charge in [0.2, 0.25) is 5.91 Å². The summed E-state index contributed by atoms with van der Waals surface area (Å²) in [5, 5.41) is 0. The fourth-order valence-electron chi connectivity index (χ4n) is 4.41. The van der Waals surface area contributed by atoms with Crippen molar-refractivity contribution < 1.29 is 9.18 Å². The molecule has 1 aliphatic heterocycles. The molecular formula is C21H31FN2O. The fourth-order valence-corrected chi connectivity index (χ4v) is 4.41. The lowest BCUT2D eigenvalue weighted by Gasteiger charge is -2.36. The molecule has 0 aromatic heterocycles. The second-order valence-corrected chi connectivity index (χ2v) is 7.80. The Morgan fingerprint density at radius 3 is 2.64 bits per heavy atom. The monoisotopic (exact) mass is 346 g/mol. The van der Waals surface area contributed by atoms with Gasteiger partial charge in [-0.2, -0.15) is 0 Å². The van der Waals surface area contributed by atoms with Crippen molar-refractivity contribution in [3.05, 3.63) is 35.6 Å². The number of piperidine rings is 1. The average Bonchev–Trinajstić information content (AvgIpc) is 2.90. The lowest BCUT2D eigenvalue weighted by atomic mass is 9.95. The van der Waals surface area contributed by atoms with Crippen molar-refractivity contribution in [3.8, 4) is 0 Å². The predicted molar refractivity (Wildman–Crippen MR) is 98.7 cm³/mol.